The normalized spacial score (nSPS) is 19.2. The highest BCUT2D eigenvalue weighted by Gasteiger charge is 2.28. The second kappa shape index (κ2) is 5.94. The zero-order valence-corrected chi connectivity index (χ0v) is 12.1. The third-order valence-corrected chi connectivity index (χ3v) is 3.95. The molecule has 0 saturated carbocycles. The summed E-state index contributed by atoms with van der Waals surface area (Å²) in [6.45, 7) is 2.79. The Hall–Kier alpha value is -2.38. The second-order valence-corrected chi connectivity index (χ2v) is 5.37. The molecule has 106 valence electrons. The Morgan fingerprint density at radius 3 is 2.71 bits per heavy atom. The van der Waals surface area contributed by atoms with Crippen LogP contribution >= 0.6 is 0 Å². The summed E-state index contributed by atoms with van der Waals surface area (Å²) in [6, 6.07) is 16.6. The van der Waals surface area contributed by atoms with Crippen LogP contribution in [0.3, 0.4) is 0 Å². The van der Waals surface area contributed by atoms with Crippen molar-refractivity contribution in [3.8, 4) is 6.07 Å². The first-order valence-corrected chi connectivity index (χ1v) is 7.15. The highest BCUT2D eigenvalue weighted by Crippen LogP contribution is 2.30. The van der Waals surface area contributed by atoms with Crippen molar-refractivity contribution in [3.05, 3.63) is 59.8 Å². The van der Waals surface area contributed by atoms with Crippen LogP contribution < -0.4 is 4.90 Å². The van der Waals surface area contributed by atoms with Crippen LogP contribution in [0.5, 0.6) is 0 Å². The fourth-order valence-corrected chi connectivity index (χ4v) is 2.85. The number of anilines is 1. The van der Waals surface area contributed by atoms with E-state index in [0.29, 0.717) is 5.56 Å². The van der Waals surface area contributed by atoms with Gasteiger partial charge in [0.05, 0.1) is 11.6 Å². The summed E-state index contributed by atoms with van der Waals surface area (Å²) in [5, 5.41) is 9.33. The van der Waals surface area contributed by atoms with Crippen LogP contribution in [0.4, 0.5) is 5.82 Å². The lowest BCUT2D eigenvalue weighted by Crippen LogP contribution is -2.47. The van der Waals surface area contributed by atoms with Gasteiger partial charge in [0.15, 0.2) is 0 Å². The molecule has 0 aliphatic carbocycles. The molecule has 0 unspecified atom stereocenters. The van der Waals surface area contributed by atoms with Crippen molar-refractivity contribution in [2.24, 2.45) is 0 Å². The topological polar surface area (TPSA) is 43.2 Å². The lowest BCUT2D eigenvalue weighted by atomic mass is 10.0. The number of aromatic nitrogens is 1. The van der Waals surface area contributed by atoms with Crippen molar-refractivity contribution in [1.82, 2.24) is 9.88 Å². The summed E-state index contributed by atoms with van der Waals surface area (Å²) >= 11 is 0. The summed E-state index contributed by atoms with van der Waals surface area (Å²) in [6.07, 6.45) is 1.76. The second-order valence-electron chi connectivity index (χ2n) is 5.37. The van der Waals surface area contributed by atoms with Gasteiger partial charge < -0.3 is 9.80 Å². The Balaban J connectivity index is 2.01. The molecule has 0 N–H and O–H groups in total. The number of pyridine rings is 1. The molecular formula is C17H18N4. The van der Waals surface area contributed by atoms with E-state index in [0.717, 1.165) is 25.5 Å². The minimum Gasteiger partial charge on any atom is -0.346 e. The van der Waals surface area contributed by atoms with Crippen LogP contribution in [-0.4, -0.2) is 36.6 Å². The van der Waals surface area contributed by atoms with Gasteiger partial charge >= 0.3 is 0 Å². The molecule has 2 aromatic rings. The molecule has 0 spiro atoms. The molecular weight excluding hydrogens is 260 g/mol. The number of nitriles is 1. The summed E-state index contributed by atoms with van der Waals surface area (Å²) in [7, 11) is 2.14. The van der Waals surface area contributed by atoms with Crippen molar-refractivity contribution in [3.63, 3.8) is 0 Å². The molecule has 2 heterocycles. The van der Waals surface area contributed by atoms with Crippen LogP contribution in [-0.2, 0) is 0 Å². The predicted octanol–water partition coefficient (Wildman–Crippen LogP) is 2.45. The number of piperazine rings is 1. The van der Waals surface area contributed by atoms with E-state index in [1.807, 2.05) is 18.2 Å². The van der Waals surface area contributed by atoms with Gasteiger partial charge in [-0.1, -0.05) is 30.3 Å². The summed E-state index contributed by atoms with van der Waals surface area (Å²) in [4.78, 5) is 9.04. The van der Waals surface area contributed by atoms with Gasteiger partial charge in [0.25, 0.3) is 0 Å². The van der Waals surface area contributed by atoms with Gasteiger partial charge in [-0.2, -0.15) is 5.26 Å². The van der Waals surface area contributed by atoms with Crippen LogP contribution in [0.1, 0.15) is 17.2 Å². The van der Waals surface area contributed by atoms with E-state index >= 15 is 0 Å². The molecule has 1 saturated heterocycles. The van der Waals surface area contributed by atoms with Crippen molar-refractivity contribution in [1.29, 1.82) is 5.26 Å². The highest BCUT2D eigenvalue weighted by molar-refractivity contribution is 5.55. The molecule has 3 rings (SSSR count). The number of nitrogens with zero attached hydrogens (tertiary/aromatic N) is 4. The van der Waals surface area contributed by atoms with E-state index in [-0.39, 0.29) is 6.04 Å². The van der Waals surface area contributed by atoms with E-state index in [9.17, 15) is 5.26 Å². The number of rotatable bonds is 2. The third-order valence-electron chi connectivity index (χ3n) is 3.95. The number of likely N-dealkylation sites (N-methyl/N-ethyl adjacent to an activating group) is 1. The molecule has 0 amide bonds. The fraction of sp³-hybridized carbons (Fsp3) is 0.294. The highest BCUT2D eigenvalue weighted by atomic mass is 15.3. The van der Waals surface area contributed by atoms with Crippen LogP contribution in [0.25, 0.3) is 0 Å². The molecule has 0 bridgehead atoms. The van der Waals surface area contributed by atoms with Crippen molar-refractivity contribution in [2.75, 3.05) is 31.6 Å². The number of benzene rings is 1. The average molecular weight is 278 g/mol. The van der Waals surface area contributed by atoms with E-state index in [2.05, 4.69) is 52.2 Å². The van der Waals surface area contributed by atoms with Crippen molar-refractivity contribution >= 4 is 5.82 Å². The fourth-order valence-electron chi connectivity index (χ4n) is 2.85. The molecule has 1 aromatic carbocycles. The monoisotopic (exact) mass is 278 g/mol. The van der Waals surface area contributed by atoms with Crippen molar-refractivity contribution < 1.29 is 0 Å². The van der Waals surface area contributed by atoms with E-state index < -0.39 is 0 Å². The van der Waals surface area contributed by atoms with Gasteiger partial charge in [0.2, 0.25) is 0 Å². The summed E-state index contributed by atoms with van der Waals surface area (Å²) in [5.41, 5.74) is 1.90. The summed E-state index contributed by atoms with van der Waals surface area (Å²) < 4.78 is 0. The Bertz CT molecular complexity index is 647. The standard InChI is InChI=1S/C17H18N4/c1-20-10-11-21(17-15(12-18)8-5-9-19-17)16(13-20)14-6-3-2-4-7-14/h2-9,16H,10-11,13H2,1H3/t16-/m1/s1. The predicted molar refractivity (Wildman–Crippen MR) is 83.0 cm³/mol. The lowest BCUT2D eigenvalue weighted by molar-refractivity contribution is 0.268. The average Bonchev–Trinajstić information content (AvgIpc) is 2.55. The summed E-state index contributed by atoms with van der Waals surface area (Å²) in [5.74, 6) is 0.793. The Labute approximate surface area is 125 Å². The maximum Gasteiger partial charge on any atom is 0.147 e. The van der Waals surface area contributed by atoms with Crippen LogP contribution in [0.15, 0.2) is 48.7 Å². The maximum absolute atomic E-state index is 9.33. The molecule has 1 fully saturated rings. The zero-order valence-electron chi connectivity index (χ0n) is 12.1. The Morgan fingerprint density at radius 2 is 1.95 bits per heavy atom. The largest absolute Gasteiger partial charge is 0.346 e. The van der Waals surface area contributed by atoms with E-state index in [1.54, 1.807) is 6.20 Å². The first-order chi connectivity index (χ1) is 10.3. The minimum absolute atomic E-state index is 0.229. The van der Waals surface area contributed by atoms with Gasteiger partial charge in [0, 0.05) is 25.8 Å². The van der Waals surface area contributed by atoms with Gasteiger partial charge in [-0.05, 0) is 24.7 Å². The lowest BCUT2D eigenvalue weighted by Gasteiger charge is -2.41. The van der Waals surface area contributed by atoms with Crippen LogP contribution in [0.2, 0.25) is 0 Å². The molecule has 21 heavy (non-hydrogen) atoms. The SMILES string of the molecule is CN1CCN(c2ncccc2C#N)[C@@H](c2ccccc2)C1. The number of hydrogen-bond donors (Lipinski definition) is 0. The maximum atomic E-state index is 9.33. The van der Waals surface area contributed by atoms with Crippen LogP contribution in [0, 0.1) is 11.3 Å². The molecule has 4 nitrogen and oxygen atoms in total. The minimum atomic E-state index is 0.229. The molecule has 4 heteroatoms. The molecule has 1 aliphatic rings. The van der Waals surface area contributed by atoms with Gasteiger partial charge in [-0.25, -0.2) is 4.98 Å². The first kappa shape index (κ1) is 13.6. The quantitative estimate of drug-likeness (QED) is 0.846. The zero-order chi connectivity index (χ0) is 14.7. The van der Waals surface area contributed by atoms with Gasteiger partial charge in [-0.15, -0.1) is 0 Å². The third kappa shape index (κ3) is 2.74. The smallest absolute Gasteiger partial charge is 0.147 e. The number of hydrogen-bond acceptors (Lipinski definition) is 4. The molecule has 1 atom stereocenters. The molecule has 1 aliphatic heterocycles. The molecule has 1 aromatic heterocycles. The first-order valence-electron chi connectivity index (χ1n) is 7.15. The Morgan fingerprint density at radius 1 is 1.14 bits per heavy atom. The van der Waals surface area contributed by atoms with Crippen molar-refractivity contribution in [2.45, 2.75) is 6.04 Å². The van der Waals surface area contributed by atoms with Gasteiger partial charge in [0.1, 0.15) is 11.9 Å². The van der Waals surface area contributed by atoms with E-state index in [1.165, 1.54) is 5.56 Å². The molecule has 0 radical (unpaired) electrons. The van der Waals surface area contributed by atoms with Gasteiger partial charge in [-0.3, -0.25) is 0 Å². The van der Waals surface area contributed by atoms with E-state index in [4.69, 9.17) is 0 Å². The Kier molecular flexibility index (Phi) is 3.85.